The van der Waals surface area contributed by atoms with Crippen LogP contribution in [-0.4, -0.2) is 0 Å². The van der Waals surface area contributed by atoms with Gasteiger partial charge in [-0.25, -0.2) is 4.39 Å². The van der Waals surface area contributed by atoms with E-state index >= 15 is 0 Å². The van der Waals surface area contributed by atoms with E-state index in [1.807, 2.05) is 39.0 Å². The van der Waals surface area contributed by atoms with Gasteiger partial charge in [0.15, 0.2) is 5.82 Å². The molecule has 2 aromatic rings. The third-order valence-electron chi connectivity index (χ3n) is 3.19. The Balaban J connectivity index is 2.77. The van der Waals surface area contributed by atoms with Gasteiger partial charge in [0.25, 0.3) is 0 Å². The largest absolute Gasteiger partial charge is 0.286 e. The molecule has 0 amide bonds. The molecule has 2 heteroatoms. The van der Waals surface area contributed by atoms with Gasteiger partial charge in [0, 0.05) is 5.56 Å². The fourth-order valence-corrected chi connectivity index (χ4v) is 2.01. The molecule has 0 aliphatic carbocycles. The van der Waals surface area contributed by atoms with Crippen molar-refractivity contribution in [2.75, 3.05) is 0 Å². The molecule has 0 spiro atoms. The summed E-state index contributed by atoms with van der Waals surface area (Å²) in [4.78, 5) is 0. The van der Waals surface area contributed by atoms with Gasteiger partial charge in [-0.2, -0.15) is 0 Å². The van der Waals surface area contributed by atoms with E-state index in [1.54, 1.807) is 6.07 Å². The quantitative estimate of drug-likeness (QED) is 0.683. The van der Waals surface area contributed by atoms with Crippen molar-refractivity contribution in [2.45, 2.75) is 20.8 Å². The molecule has 17 heavy (non-hydrogen) atoms. The van der Waals surface area contributed by atoms with Gasteiger partial charge >= 0.3 is 0 Å². The van der Waals surface area contributed by atoms with Crippen molar-refractivity contribution in [2.24, 2.45) is 0 Å². The number of benzene rings is 2. The molecule has 0 aliphatic rings. The summed E-state index contributed by atoms with van der Waals surface area (Å²) in [5.74, 6) is -1.20. The molecule has 0 heterocycles. The molecule has 1 radical (unpaired) electrons. The maximum atomic E-state index is 13.4. The van der Waals surface area contributed by atoms with Gasteiger partial charge in [-0.05, 0) is 49.1 Å². The number of hydrogen-bond acceptors (Lipinski definition) is 0. The number of halogens is 1. The predicted octanol–water partition coefficient (Wildman–Crippen LogP) is 4.56. The zero-order chi connectivity index (χ0) is 12.6. The Morgan fingerprint density at radius 1 is 0.941 bits per heavy atom. The van der Waals surface area contributed by atoms with Crippen LogP contribution in [0.5, 0.6) is 5.75 Å². The molecule has 87 valence electrons. The Morgan fingerprint density at radius 2 is 1.65 bits per heavy atom. The minimum absolute atomic E-state index is 0.478. The molecule has 0 fully saturated rings. The summed E-state index contributed by atoms with van der Waals surface area (Å²) in [7, 11) is 0. The molecule has 1 nitrogen and oxygen atoms in total. The van der Waals surface area contributed by atoms with Gasteiger partial charge in [-0.1, -0.05) is 24.3 Å². The fraction of sp³-hybridized carbons (Fsp3) is 0.200. The van der Waals surface area contributed by atoms with E-state index in [4.69, 9.17) is 0 Å². The molecule has 0 aromatic heterocycles. The minimum atomic E-state index is -0.688. The maximum absolute atomic E-state index is 13.4. The van der Waals surface area contributed by atoms with Crippen LogP contribution in [0.3, 0.4) is 0 Å². The van der Waals surface area contributed by atoms with Crippen LogP contribution < -0.4 is 0 Å². The molecule has 2 rings (SSSR count). The first kappa shape index (κ1) is 11.6. The number of rotatable bonds is 1. The van der Waals surface area contributed by atoms with E-state index < -0.39 is 11.6 Å². The van der Waals surface area contributed by atoms with Crippen LogP contribution >= 0.6 is 0 Å². The average Bonchev–Trinajstić information content (AvgIpc) is 2.30. The first-order chi connectivity index (χ1) is 8.02. The van der Waals surface area contributed by atoms with E-state index in [1.165, 1.54) is 6.07 Å². The highest BCUT2D eigenvalue weighted by Gasteiger charge is 2.16. The van der Waals surface area contributed by atoms with Crippen LogP contribution in [0.1, 0.15) is 16.7 Å². The molecule has 0 N–H and O–H groups in total. The van der Waals surface area contributed by atoms with Crippen LogP contribution in [0.2, 0.25) is 0 Å². The number of hydrogen-bond donors (Lipinski definition) is 0. The van der Waals surface area contributed by atoms with Crippen molar-refractivity contribution in [3.8, 4) is 16.9 Å². The van der Waals surface area contributed by atoms with Crippen LogP contribution in [0, 0.1) is 26.6 Å². The van der Waals surface area contributed by atoms with Crippen LogP contribution in [0.4, 0.5) is 4.39 Å². The van der Waals surface area contributed by atoms with Crippen LogP contribution in [0.15, 0.2) is 30.3 Å². The monoisotopic (exact) mass is 229 g/mol. The van der Waals surface area contributed by atoms with Gasteiger partial charge in [0.1, 0.15) is 0 Å². The van der Waals surface area contributed by atoms with E-state index in [9.17, 15) is 9.50 Å². The molecular weight excluding hydrogens is 215 g/mol. The fourth-order valence-electron chi connectivity index (χ4n) is 2.01. The van der Waals surface area contributed by atoms with Crippen molar-refractivity contribution >= 4 is 0 Å². The van der Waals surface area contributed by atoms with Gasteiger partial charge in [0.05, 0.1) is 0 Å². The highest BCUT2D eigenvalue weighted by atomic mass is 19.1. The molecular formula is C15H14FO. The Bertz CT molecular complexity index is 573. The Hall–Kier alpha value is -1.83. The molecule has 0 bridgehead atoms. The lowest BCUT2D eigenvalue weighted by Crippen LogP contribution is -1.91. The average molecular weight is 229 g/mol. The smallest absolute Gasteiger partial charge is 0.222 e. The molecule has 0 saturated heterocycles. The van der Waals surface area contributed by atoms with E-state index in [0.717, 1.165) is 22.3 Å². The zero-order valence-electron chi connectivity index (χ0n) is 10.2. The Morgan fingerprint density at radius 3 is 2.35 bits per heavy atom. The maximum Gasteiger partial charge on any atom is 0.222 e. The van der Waals surface area contributed by atoms with Crippen molar-refractivity contribution in [3.63, 3.8) is 0 Å². The van der Waals surface area contributed by atoms with E-state index in [-0.39, 0.29) is 0 Å². The first-order valence-corrected chi connectivity index (χ1v) is 5.55. The van der Waals surface area contributed by atoms with Crippen LogP contribution in [0.25, 0.3) is 11.1 Å². The van der Waals surface area contributed by atoms with Gasteiger partial charge in [-0.15, -0.1) is 0 Å². The van der Waals surface area contributed by atoms with E-state index in [2.05, 4.69) is 0 Å². The third-order valence-corrected chi connectivity index (χ3v) is 3.19. The van der Waals surface area contributed by atoms with Crippen LogP contribution in [-0.2, 0) is 5.11 Å². The van der Waals surface area contributed by atoms with E-state index in [0.29, 0.717) is 5.56 Å². The highest BCUT2D eigenvalue weighted by molar-refractivity contribution is 5.76. The van der Waals surface area contributed by atoms with Crippen molar-refractivity contribution in [3.05, 3.63) is 52.8 Å². The van der Waals surface area contributed by atoms with Crippen molar-refractivity contribution in [1.82, 2.24) is 0 Å². The Labute approximate surface area is 101 Å². The topological polar surface area (TPSA) is 19.9 Å². The standard InChI is InChI=1S/C15H14FO/c1-9-5-4-6-12(11(9)3)14-10(2)7-8-13(16)15(14)17/h4-8H,1-3H3. The SMILES string of the molecule is Cc1cccc(-c2c(C)ccc(F)c2[O])c1C. The second kappa shape index (κ2) is 4.21. The summed E-state index contributed by atoms with van der Waals surface area (Å²) in [5, 5.41) is 11.9. The number of aryl methyl sites for hydroxylation is 2. The molecule has 0 atom stereocenters. The lowest BCUT2D eigenvalue weighted by Gasteiger charge is -2.12. The zero-order valence-corrected chi connectivity index (χ0v) is 10.2. The lowest BCUT2D eigenvalue weighted by molar-refractivity contribution is 0.331. The van der Waals surface area contributed by atoms with Crippen molar-refractivity contribution in [1.29, 1.82) is 0 Å². The highest BCUT2D eigenvalue weighted by Crippen LogP contribution is 2.37. The second-order valence-corrected chi connectivity index (χ2v) is 4.32. The second-order valence-electron chi connectivity index (χ2n) is 4.32. The summed E-state index contributed by atoms with van der Waals surface area (Å²) in [6.45, 7) is 5.77. The molecule has 0 unspecified atom stereocenters. The third kappa shape index (κ3) is 1.91. The molecule has 0 aliphatic heterocycles. The van der Waals surface area contributed by atoms with Gasteiger partial charge in [0.2, 0.25) is 5.75 Å². The summed E-state index contributed by atoms with van der Waals surface area (Å²) in [6, 6.07) is 8.62. The first-order valence-electron chi connectivity index (χ1n) is 5.55. The summed E-state index contributed by atoms with van der Waals surface area (Å²) >= 11 is 0. The minimum Gasteiger partial charge on any atom is -0.286 e. The summed E-state index contributed by atoms with van der Waals surface area (Å²) in [6.07, 6.45) is 0. The van der Waals surface area contributed by atoms with Crippen molar-refractivity contribution < 1.29 is 9.50 Å². The summed E-state index contributed by atoms with van der Waals surface area (Å²) in [5.41, 5.74) is 4.24. The summed E-state index contributed by atoms with van der Waals surface area (Å²) < 4.78 is 13.4. The lowest BCUT2D eigenvalue weighted by atomic mass is 9.93. The predicted molar refractivity (Wildman–Crippen MR) is 66.2 cm³/mol. The van der Waals surface area contributed by atoms with Gasteiger partial charge in [-0.3, -0.25) is 5.11 Å². The molecule has 0 saturated carbocycles. The van der Waals surface area contributed by atoms with Gasteiger partial charge < -0.3 is 0 Å². The molecule has 2 aromatic carbocycles. The normalized spacial score (nSPS) is 10.6. The Kier molecular flexibility index (Phi) is 2.88.